The quantitative estimate of drug-likeness (QED) is 0.808. The molecule has 0 aliphatic carbocycles. The van der Waals surface area contributed by atoms with Crippen LogP contribution in [0.1, 0.15) is 31.1 Å². The standard InChI is InChI=1S/C19H20ClFN2O3/c1-19(2,3)18(25)22-12-6-8-16(26-4)15(10-12)23-17(24)13-7-5-11(20)9-14(13)21/h5-10H,1-4H3,(H,22,25)(H,23,24). The molecule has 138 valence electrons. The zero-order chi connectivity index (χ0) is 19.5. The molecular weight excluding hydrogens is 359 g/mol. The molecule has 26 heavy (non-hydrogen) atoms. The van der Waals surface area contributed by atoms with E-state index in [1.807, 2.05) is 0 Å². The predicted molar refractivity (Wildman–Crippen MR) is 100 cm³/mol. The highest BCUT2D eigenvalue weighted by molar-refractivity contribution is 6.30. The van der Waals surface area contributed by atoms with E-state index < -0.39 is 17.1 Å². The van der Waals surface area contributed by atoms with Crippen LogP contribution in [0.4, 0.5) is 15.8 Å². The topological polar surface area (TPSA) is 67.4 Å². The van der Waals surface area contributed by atoms with Gasteiger partial charge in [-0.15, -0.1) is 0 Å². The first-order valence-electron chi connectivity index (χ1n) is 7.87. The molecule has 2 aromatic carbocycles. The Morgan fingerprint density at radius 3 is 2.35 bits per heavy atom. The number of amides is 2. The number of rotatable bonds is 4. The number of hydrogen-bond donors (Lipinski definition) is 2. The summed E-state index contributed by atoms with van der Waals surface area (Å²) >= 11 is 5.70. The lowest BCUT2D eigenvalue weighted by Crippen LogP contribution is -2.27. The molecule has 0 atom stereocenters. The molecule has 0 bridgehead atoms. The van der Waals surface area contributed by atoms with Gasteiger partial charge in [0, 0.05) is 16.1 Å². The summed E-state index contributed by atoms with van der Waals surface area (Å²) in [6.07, 6.45) is 0. The third kappa shape index (κ3) is 4.73. The lowest BCUT2D eigenvalue weighted by atomic mass is 9.95. The molecule has 0 unspecified atom stereocenters. The monoisotopic (exact) mass is 378 g/mol. The second kappa shape index (κ2) is 7.74. The first kappa shape index (κ1) is 19.7. The van der Waals surface area contributed by atoms with Crippen LogP contribution >= 0.6 is 11.6 Å². The summed E-state index contributed by atoms with van der Waals surface area (Å²) in [7, 11) is 1.45. The van der Waals surface area contributed by atoms with E-state index >= 15 is 0 Å². The largest absolute Gasteiger partial charge is 0.495 e. The van der Waals surface area contributed by atoms with Crippen molar-refractivity contribution in [2.75, 3.05) is 17.7 Å². The third-order valence-corrected chi connectivity index (χ3v) is 3.80. The fourth-order valence-electron chi connectivity index (χ4n) is 2.07. The van der Waals surface area contributed by atoms with Gasteiger partial charge in [0.25, 0.3) is 5.91 Å². The maximum absolute atomic E-state index is 13.9. The highest BCUT2D eigenvalue weighted by Gasteiger charge is 2.22. The lowest BCUT2D eigenvalue weighted by Gasteiger charge is -2.19. The first-order valence-corrected chi connectivity index (χ1v) is 8.25. The van der Waals surface area contributed by atoms with Gasteiger partial charge in [0.2, 0.25) is 5.91 Å². The molecule has 2 rings (SSSR count). The van der Waals surface area contributed by atoms with Crippen LogP contribution in [0.15, 0.2) is 36.4 Å². The molecule has 2 N–H and O–H groups in total. The molecule has 2 aromatic rings. The highest BCUT2D eigenvalue weighted by atomic mass is 35.5. The van der Waals surface area contributed by atoms with E-state index in [1.54, 1.807) is 39.0 Å². The molecule has 0 saturated carbocycles. The summed E-state index contributed by atoms with van der Waals surface area (Å²) < 4.78 is 19.2. The van der Waals surface area contributed by atoms with E-state index in [2.05, 4.69) is 10.6 Å². The van der Waals surface area contributed by atoms with Crippen molar-refractivity contribution in [1.82, 2.24) is 0 Å². The molecule has 0 heterocycles. The van der Waals surface area contributed by atoms with Gasteiger partial charge < -0.3 is 15.4 Å². The average Bonchev–Trinajstić information content (AvgIpc) is 2.54. The SMILES string of the molecule is COc1ccc(NC(=O)C(C)(C)C)cc1NC(=O)c1ccc(Cl)cc1F. The van der Waals surface area contributed by atoms with Crippen molar-refractivity contribution in [3.63, 3.8) is 0 Å². The molecule has 7 heteroatoms. The van der Waals surface area contributed by atoms with Gasteiger partial charge in [0.05, 0.1) is 18.4 Å². The minimum atomic E-state index is -0.730. The summed E-state index contributed by atoms with van der Waals surface area (Å²) in [6.45, 7) is 5.37. The van der Waals surface area contributed by atoms with Gasteiger partial charge >= 0.3 is 0 Å². The van der Waals surface area contributed by atoms with Crippen molar-refractivity contribution in [2.24, 2.45) is 5.41 Å². The number of halogens is 2. The van der Waals surface area contributed by atoms with Gasteiger partial charge in [-0.1, -0.05) is 32.4 Å². The summed E-state index contributed by atoms with van der Waals surface area (Å²) in [5, 5.41) is 5.56. The molecule has 5 nitrogen and oxygen atoms in total. The van der Waals surface area contributed by atoms with Crippen molar-refractivity contribution in [3.8, 4) is 5.75 Å². The minimum absolute atomic E-state index is 0.152. The Bertz CT molecular complexity index is 847. The predicted octanol–water partition coefficient (Wildman–Crippen LogP) is 4.72. The Labute approximate surface area is 156 Å². The van der Waals surface area contributed by atoms with Crippen molar-refractivity contribution in [2.45, 2.75) is 20.8 Å². The van der Waals surface area contributed by atoms with E-state index in [0.29, 0.717) is 17.1 Å². The first-order chi connectivity index (χ1) is 12.1. The number of hydrogen-bond acceptors (Lipinski definition) is 3. The maximum Gasteiger partial charge on any atom is 0.258 e. The Morgan fingerprint density at radius 1 is 1.08 bits per heavy atom. The van der Waals surface area contributed by atoms with E-state index in [-0.39, 0.29) is 16.5 Å². The third-order valence-electron chi connectivity index (χ3n) is 3.56. The molecule has 0 fully saturated rings. The Hall–Kier alpha value is -2.60. The molecule has 0 aliphatic rings. The average molecular weight is 379 g/mol. The maximum atomic E-state index is 13.9. The summed E-state index contributed by atoms with van der Waals surface area (Å²) in [5.74, 6) is -1.19. The zero-order valence-corrected chi connectivity index (χ0v) is 15.7. The minimum Gasteiger partial charge on any atom is -0.495 e. The van der Waals surface area contributed by atoms with Gasteiger partial charge in [-0.25, -0.2) is 4.39 Å². The fraction of sp³-hybridized carbons (Fsp3) is 0.263. The highest BCUT2D eigenvalue weighted by Crippen LogP contribution is 2.29. The molecule has 0 aliphatic heterocycles. The number of ether oxygens (including phenoxy) is 1. The lowest BCUT2D eigenvalue weighted by molar-refractivity contribution is -0.123. The molecular formula is C19H20ClFN2O3. The van der Waals surface area contributed by atoms with E-state index in [1.165, 1.54) is 19.2 Å². The van der Waals surface area contributed by atoms with Crippen LogP contribution in [0.5, 0.6) is 5.75 Å². The smallest absolute Gasteiger partial charge is 0.258 e. The summed E-state index contributed by atoms with van der Waals surface area (Å²) in [5.41, 5.74) is 0.0622. The normalized spacial score (nSPS) is 11.0. The van der Waals surface area contributed by atoms with Crippen molar-refractivity contribution >= 4 is 34.8 Å². The number of benzene rings is 2. The summed E-state index contributed by atoms with van der Waals surface area (Å²) in [4.78, 5) is 24.5. The number of carbonyl (C=O) groups excluding carboxylic acids is 2. The van der Waals surface area contributed by atoms with Crippen LogP contribution in [0.3, 0.4) is 0 Å². The van der Waals surface area contributed by atoms with Crippen LogP contribution in [0, 0.1) is 11.2 Å². The van der Waals surface area contributed by atoms with Crippen molar-refractivity contribution in [1.29, 1.82) is 0 Å². The van der Waals surface area contributed by atoms with Gasteiger partial charge in [-0.3, -0.25) is 9.59 Å². The Kier molecular flexibility index (Phi) is 5.87. The van der Waals surface area contributed by atoms with Crippen LogP contribution in [0.25, 0.3) is 0 Å². The van der Waals surface area contributed by atoms with Crippen molar-refractivity contribution in [3.05, 3.63) is 52.8 Å². The molecule has 0 saturated heterocycles. The van der Waals surface area contributed by atoms with Gasteiger partial charge in [0.1, 0.15) is 11.6 Å². The van der Waals surface area contributed by atoms with E-state index in [0.717, 1.165) is 6.07 Å². The molecule has 0 spiro atoms. The van der Waals surface area contributed by atoms with Crippen LogP contribution in [0.2, 0.25) is 5.02 Å². The van der Waals surface area contributed by atoms with Crippen molar-refractivity contribution < 1.29 is 18.7 Å². The number of anilines is 2. The molecule has 2 amide bonds. The Balaban J connectivity index is 2.28. The molecule has 0 aromatic heterocycles. The fourth-order valence-corrected chi connectivity index (χ4v) is 2.22. The Morgan fingerprint density at radius 2 is 1.77 bits per heavy atom. The van der Waals surface area contributed by atoms with E-state index in [4.69, 9.17) is 16.3 Å². The van der Waals surface area contributed by atoms with Crippen LogP contribution < -0.4 is 15.4 Å². The van der Waals surface area contributed by atoms with E-state index in [9.17, 15) is 14.0 Å². The second-order valence-corrected chi connectivity index (χ2v) is 7.13. The number of carbonyl (C=O) groups is 2. The van der Waals surface area contributed by atoms with Gasteiger partial charge in [-0.2, -0.15) is 0 Å². The molecule has 0 radical (unpaired) electrons. The van der Waals surface area contributed by atoms with Gasteiger partial charge in [0.15, 0.2) is 0 Å². The number of nitrogens with one attached hydrogen (secondary N) is 2. The van der Waals surface area contributed by atoms with Crippen LogP contribution in [-0.4, -0.2) is 18.9 Å². The number of methoxy groups -OCH3 is 1. The summed E-state index contributed by atoms with van der Waals surface area (Å²) in [6, 6.07) is 8.59. The van der Waals surface area contributed by atoms with Gasteiger partial charge in [-0.05, 0) is 36.4 Å². The van der Waals surface area contributed by atoms with Crippen LogP contribution in [-0.2, 0) is 4.79 Å². The zero-order valence-electron chi connectivity index (χ0n) is 14.9. The second-order valence-electron chi connectivity index (χ2n) is 6.70.